The van der Waals surface area contributed by atoms with E-state index in [-0.39, 0.29) is 11.9 Å². The zero-order valence-electron chi connectivity index (χ0n) is 12.7. The van der Waals surface area contributed by atoms with Gasteiger partial charge in [-0.05, 0) is 52.1 Å². The smallest absolute Gasteiger partial charge is 0.308 e. The van der Waals surface area contributed by atoms with Crippen molar-refractivity contribution in [1.29, 1.82) is 0 Å². The third-order valence-corrected chi connectivity index (χ3v) is 4.04. The van der Waals surface area contributed by atoms with Gasteiger partial charge in [0.1, 0.15) is 0 Å². The van der Waals surface area contributed by atoms with Crippen molar-refractivity contribution >= 4 is 5.97 Å². The first-order chi connectivity index (χ1) is 9.04. The summed E-state index contributed by atoms with van der Waals surface area (Å²) in [5, 5.41) is 10.6. The topological polar surface area (TPSA) is 49.8 Å². The molecule has 19 heavy (non-hydrogen) atoms. The van der Waals surface area contributed by atoms with E-state index in [2.05, 4.69) is 18.7 Å². The molecule has 0 aliphatic heterocycles. The van der Waals surface area contributed by atoms with E-state index in [0.717, 1.165) is 38.9 Å². The van der Waals surface area contributed by atoms with Crippen molar-refractivity contribution in [3.8, 4) is 0 Å². The molecule has 0 aromatic heterocycles. The van der Waals surface area contributed by atoms with Gasteiger partial charge in [0.2, 0.25) is 0 Å². The second-order valence-electron chi connectivity index (χ2n) is 5.62. The first-order valence-electron chi connectivity index (χ1n) is 7.66. The molecule has 112 valence electrons. The van der Waals surface area contributed by atoms with Crippen LogP contribution in [0.1, 0.15) is 52.9 Å². The van der Waals surface area contributed by atoms with Gasteiger partial charge in [0.05, 0.1) is 18.1 Å². The number of esters is 1. The maximum Gasteiger partial charge on any atom is 0.308 e. The number of likely N-dealkylation sites (N-methyl/N-ethyl adjacent to an activating group) is 1. The molecule has 0 unspecified atom stereocenters. The van der Waals surface area contributed by atoms with Crippen molar-refractivity contribution in [3.63, 3.8) is 0 Å². The fraction of sp³-hybridized carbons (Fsp3) is 0.933. The lowest BCUT2D eigenvalue weighted by Gasteiger charge is -2.38. The number of rotatable bonds is 7. The van der Waals surface area contributed by atoms with Crippen LogP contribution in [0.3, 0.4) is 0 Å². The van der Waals surface area contributed by atoms with E-state index >= 15 is 0 Å². The molecule has 1 aliphatic carbocycles. The minimum atomic E-state index is -0.617. The highest BCUT2D eigenvalue weighted by Gasteiger charge is 2.37. The lowest BCUT2D eigenvalue weighted by atomic mass is 9.78. The lowest BCUT2D eigenvalue weighted by Crippen LogP contribution is -2.46. The highest BCUT2D eigenvalue weighted by atomic mass is 16.5. The summed E-state index contributed by atoms with van der Waals surface area (Å²) in [6.45, 7) is 9.29. The quantitative estimate of drug-likeness (QED) is 0.721. The SMILES string of the molecule is CCCN(CC)CC1(O)CCC(C(=O)OCC)CC1. The molecule has 0 saturated heterocycles. The van der Waals surface area contributed by atoms with E-state index in [0.29, 0.717) is 19.4 Å². The number of hydrogen-bond donors (Lipinski definition) is 1. The first kappa shape index (κ1) is 16.4. The molecule has 0 spiro atoms. The average molecular weight is 271 g/mol. The predicted molar refractivity (Wildman–Crippen MR) is 75.9 cm³/mol. The third-order valence-electron chi connectivity index (χ3n) is 4.04. The van der Waals surface area contributed by atoms with Crippen LogP contribution in [-0.4, -0.2) is 47.8 Å². The van der Waals surface area contributed by atoms with Crippen LogP contribution in [0, 0.1) is 5.92 Å². The van der Waals surface area contributed by atoms with Crippen molar-refractivity contribution in [3.05, 3.63) is 0 Å². The summed E-state index contributed by atoms with van der Waals surface area (Å²) in [4.78, 5) is 14.0. The molecule has 1 saturated carbocycles. The van der Waals surface area contributed by atoms with Crippen LogP contribution in [0.25, 0.3) is 0 Å². The van der Waals surface area contributed by atoms with Gasteiger partial charge in [0.15, 0.2) is 0 Å². The molecule has 0 radical (unpaired) electrons. The molecule has 0 amide bonds. The second-order valence-corrected chi connectivity index (χ2v) is 5.62. The number of nitrogens with zero attached hydrogens (tertiary/aromatic N) is 1. The maximum absolute atomic E-state index is 11.7. The molecule has 1 rings (SSSR count). The minimum Gasteiger partial charge on any atom is -0.466 e. The van der Waals surface area contributed by atoms with Crippen LogP contribution in [0.5, 0.6) is 0 Å². The largest absolute Gasteiger partial charge is 0.466 e. The van der Waals surface area contributed by atoms with Crippen molar-refractivity contribution in [2.75, 3.05) is 26.2 Å². The zero-order valence-corrected chi connectivity index (χ0v) is 12.7. The van der Waals surface area contributed by atoms with Crippen molar-refractivity contribution in [2.24, 2.45) is 5.92 Å². The summed E-state index contributed by atoms with van der Waals surface area (Å²) in [5.74, 6) is -0.105. The van der Waals surface area contributed by atoms with Crippen molar-refractivity contribution in [1.82, 2.24) is 4.90 Å². The number of ether oxygens (including phenoxy) is 1. The van der Waals surface area contributed by atoms with E-state index in [4.69, 9.17) is 4.74 Å². The van der Waals surface area contributed by atoms with Gasteiger partial charge in [0, 0.05) is 6.54 Å². The molecule has 1 N–H and O–H groups in total. The first-order valence-corrected chi connectivity index (χ1v) is 7.66. The fourth-order valence-electron chi connectivity index (χ4n) is 2.89. The van der Waals surface area contributed by atoms with Crippen LogP contribution >= 0.6 is 0 Å². The lowest BCUT2D eigenvalue weighted by molar-refractivity contribution is -0.151. The van der Waals surface area contributed by atoms with Gasteiger partial charge in [-0.25, -0.2) is 0 Å². The molecule has 1 aliphatic rings. The minimum absolute atomic E-state index is 0.0125. The van der Waals surface area contributed by atoms with E-state index in [9.17, 15) is 9.90 Å². The Kier molecular flexibility index (Phi) is 6.80. The van der Waals surface area contributed by atoms with Crippen LogP contribution in [-0.2, 0) is 9.53 Å². The van der Waals surface area contributed by atoms with Gasteiger partial charge < -0.3 is 14.7 Å². The van der Waals surface area contributed by atoms with E-state index in [1.165, 1.54) is 0 Å². The molecule has 0 bridgehead atoms. The zero-order chi connectivity index (χ0) is 14.3. The van der Waals surface area contributed by atoms with Gasteiger partial charge in [0.25, 0.3) is 0 Å². The Morgan fingerprint density at radius 1 is 1.32 bits per heavy atom. The van der Waals surface area contributed by atoms with Crippen LogP contribution < -0.4 is 0 Å². The highest BCUT2D eigenvalue weighted by Crippen LogP contribution is 2.33. The Morgan fingerprint density at radius 2 is 1.95 bits per heavy atom. The number of carbonyl (C=O) groups is 1. The number of hydrogen-bond acceptors (Lipinski definition) is 4. The molecule has 0 heterocycles. The highest BCUT2D eigenvalue weighted by molar-refractivity contribution is 5.72. The Hall–Kier alpha value is -0.610. The number of carbonyl (C=O) groups excluding carboxylic acids is 1. The summed E-state index contributed by atoms with van der Waals surface area (Å²) in [5.41, 5.74) is -0.617. The molecule has 0 atom stereocenters. The Bertz CT molecular complexity index is 273. The standard InChI is InChI=1S/C15H29NO3/c1-4-11-16(5-2)12-15(18)9-7-13(8-10-15)14(17)19-6-3/h13,18H,4-12H2,1-3H3. The van der Waals surface area contributed by atoms with Gasteiger partial charge >= 0.3 is 5.97 Å². The number of aliphatic hydroxyl groups is 1. The van der Waals surface area contributed by atoms with E-state index < -0.39 is 5.60 Å². The summed E-state index contributed by atoms with van der Waals surface area (Å²) < 4.78 is 5.06. The third kappa shape index (κ3) is 5.11. The monoisotopic (exact) mass is 271 g/mol. The van der Waals surface area contributed by atoms with Gasteiger partial charge in [-0.3, -0.25) is 4.79 Å². The Morgan fingerprint density at radius 3 is 2.42 bits per heavy atom. The molecule has 4 heteroatoms. The van der Waals surface area contributed by atoms with Crippen molar-refractivity contribution < 1.29 is 14.6 Å². The molecule has 1 fully saturated rings. The molecule has 0 aromatic rings. The Labute approximate surface area is 117 Å². The van der Waals surface area contributed by atoms with Crippen LogP contribution in [0.2, 0.25) is 0 Å². The van der Waals surface area contributed by atoms with E-state index in [1.807, 2.05) is 6.92 Å². The molecule has 0 aromatic carbocycles. The normalized spacial score (nSPS) is 27.5. The fourth-order valence-corrected chi connectivity index (χ4v) is 2.89. The van der Waals surface area contributed by atoms with Crippen LogP contribution in [0.4, 0.5) is 0 Å². The van der Waals surface area contributed by atoms with Crippen LogP contribution in [0.15, 0.2) is 0 Å². The maximum atomic E-state index is 11.7. The van der Waals surface area contributed by atoms with E-state index in [1.54, 1.807) is 0 Å². The summed E-state index contributed by atoms with van der Waals surface area (Å²) in [6, 6.07) is 0. The average Bonchev–Trinajstić information content (AvgIpc) is 2.39. The molecule has 4 nitrogen and oxygen atoms in total. The second kappa shape index (κ2) is 7.85. The van der Waals surface area contributed by atoms with Gasteiger partial charge in [-0.15, -0.1) is 0 Å². The van der Waals surface area contributed by atoms with Gasteiger partial charge in [-0.1, -0.05) is 13.8 Å². The predicted octanol–water partition coefficient (Wildman–Crippen LogP) is 2.20. The summed E-state index contributed by atoms with van der Waals surface area (Å²) in [7, 11) is 0. The van der Waals surface area contributed by atoms with Gasteiger partial charge in [-0.2, -0.15) is 0 Å². The van der Waals surface area contributed by atoms with Crippen molar-refractivity contribution in [2.45, 2.75) is 58.5 Å². The summed E-state index contributed by atoms with van der Waals surface area (Å²) >= 11 is 0. The summed E-state index contributed by atoms with van der Waals surface area (Å²) in [6.07, 6.45) is 4.01. The molecular weight excluding hydrogens is 242 g/mol. The Balaban J connectivity index is 2.44. The molecular formula is C15H29NO3.